The van der Waals surface area contributed by atoms with Crippen molar-refractivity contribution in [2.24, 2.45) is 4.99 Å². The van der Waals surface area contributed by atoms with Gasteiger partial charge in [0.15, 0.2) is 5.84 Å². The molecule has 0 bridgehead atoms. The lowest BCUT2D eigenvalue weighted by atomic mass is 10.2. The molecule has 0 unspecified atom stereocenters. The summed E-state index contributed by atoms with van der Waals surface area (Å²) in [5.41, 5.74) is 1.12. The monoisotopic (exact) mass is 190 g/mol. The lowest BCUT2D eigenvalue weighted by Gasteiger charge is -2.18. The van der Waals surface area contributed by atoms with E-state index in [1.807, 2.05) is 30.2 Å². The third-order valence-electron chi connectivity index (χ3n) is 2.12. The topological polar surface area (TPSA) is 24.8 Å². The van der Waals surface area contributed by atoms with Crippen LogP contribution >= 0.6 is 0 Å². The second kappa shape index (κ2) is 4.24. The third kappa shape index (κ3) is 1.77. The van der Waals surface area contributed by atoms with Crippen molar-refractivity contribution in [3.05, 3.63) is 35.9 Å². The Morgan fingerprint density at radius 1 is 1.36 bits per heavy atom. The lowest BCUT2D eigenvalue weighted by molar-refractivity contribution is -0.0842. The summed E-state index contributed by atoms with van der Waals surface area (Å²) in [6.45, 7) is 4.36. The highest BCUT2D eigenvalue weighted by Crippen LogP contribution is 2.11. The first-order valence-corrected chi connectivity index (χ1v) is 4.92. The van der Waals surface area contributed by atoms with Crippen LogP contribution in [0.3, 0.4) is 0 Å². The molecule has 0 N–H and O–H groups in total. The second-order valence-corrected chi connectivity index (χ2v) is 3.09. The van der Waals surface area contributed by atoms with Crippen LogP contribution in [0.15, 0.2) is 35.3 Å². The molecule has 0 aliphatic carbocycles. The van der Waals surface area contributed by atoms with E-state index in [-0.39, 0.29) is 0 Å². The molecule has 14 heavy (non-hydrogen) atoms. The minimum atomic E-state index is 0.686. The number of hydrogen-bond donors (Lipinski definition) is 0. The number of nitrogens with zero attached hydrogens (tertiary/aromatic N) is 2. The Hall–Kier alpha value is -1.35. The SMILES string of the molecule is CCON1CCN=C1c1ccccc1. The van der Waals surface area contributed by atoms with Crippen LogP contribution in [-0.4, -0.2) is 30.6 Å². The summed E-state index contributed by atoms with van der Waals surface area (Å²) >= 11 is 0. The van der Waals surface area contributed by atoms with Gasteiger partial charge in [0.1, 0.15) is 0 Å². The number of rotatable bonds is 3. The van der Waals surface area contributed by atoms with Crippen LogP contribution in [-0.2, 0) is 4.84 Å². The Labute approximate surface area is 84.0 Å². The number of hydrogen-bond acceptors (Lipinski definition) is 3. The minimum absolute atomic E-state index is 0.686. The van der Waals surface area contributed by atoms with Crippen molar-refractivity contribution < 1.29 is 4.84 Å². The molecule has 0 fully saturated rings. The fourth-order valence-electron chi connectivity index (χ4n) is 1.54. The zero-order valence-corrected chi connectivity index (χ0v) is 8.31. The molecule has 3 heteroatoms. The van der Waals surface area contributed by atoms with Gasteiger partial charge in [-0.3, -0.25) is 9.83 Å². The van der Waals surface area contributed by atoms with Crippen LogP contribution in [0.5, 0.6) is 0 Å². The van der Waals surface area contributed by atoms with E-state index in [1.54, 1.807) is 0 Å². The van der Waals surface area contributed by atoms with Gasteiger partial charge in [-0.15, -0.1) is 0 Å². The van der Waals surface area contributed by atoms with Crippen LogP contribution in [0.2, 0.25) is 0 Å². The first kappa shape index (κ1) is 9.21. The molecule has 2 rings (SSSR count). The highest BCUT2D eigenvalue weighted by molar-refractivity contribution is 5.99. The Morgan fingerprint density at radius 2 is 2.14 bits per heavy atom. The van der Waals surface area contributed by atoms with Gasteiger partial charge < -0.3 is 0 Å². The number of amidine groups is 1. The van der Waals surface area contributed by atoms with Crippen molar-refractivity contribution in [2.45, 2.75) is 6.92 Å². The van der Waals surface area contributed by atoms with Crippen LogP contribution in [0.1, 0.15) is 12.5 Å². The van der Waals surface area contributed by atoms with Crippen LogP contribution in [0.25, 0.3) is 0 Å². The Balaban J connectivity index is 2.18. The lowest BCUT2D eigenvalue weighted by Crippen LogP contribution is -2.28. The molecule has 1 aliphatic heterocycles. The fraction of sp³-hybridized carbons (Fsp3) is 0.364. The smallest absolute Gasteiger partial charge is 0.155 e. The molecule has 1 aromatic carbocycles. The average Bonchev–Trinajstić information content (AvgIpc) is 2.68. The second-order valence-electron chi connectivity index (χ2n) is 3.09. The van der Waals surface area contributed by atoms with Gasteiger partial charge in [0.25, 0.3) is 0 Å². The molecule has 0 atom stereocenters. The third-order valence-corrected chi connectivity index (χ3v) is 2.12. The summed E-state index contributed by atoms with van der Waals surface area (Å²) in [4.78, 5) is 9.90. The van der Waals surface area contributed by atoms with Crippen molar-refractivity contribution in [1.82, 2.24) is 5.06 Å². The summed E-state index contributed by atoms with van der Waals surface area (Å²) in [6.07, 6.45) is 0. The molecule has 0 spiro atoms. The zero-order valence-electron chi connectivity index (χ0n) is 8.31. The number of aliphatic imine (C=N–C) groups is 1. The maximum atomic E-state index is 5.47. The molecular weight excluding hydrogens is 176 g/mol. The fourth-order valence-corrected chi connectivity index (χ4v) is 1.54. The molecule has 1 heterocycles. The van der Waals surface area contributed by atoms with Gasteiger partial charge >= 0.3 is 0 Å². The van der Waals surface area contributed by atoms with Crippen molar-refractivity contribution in [3.63, 3.8) is 0 Å². The molecule has 3 nitrogen and oxygen atoms in total. The van der Waals surface area contributed by atoms with E-state index in [2.05, 4.69) is 17.1 Å². The Morgan fingerprint density at radius 3 is 2.86 bits per heavy atom. The first-order valence-electron chi connectivity index (χ1n) is 4.92. The molecule has 1 aromatic rings. The summed E-state index contributed by atoms with van der Waals surface area (Å²) in [5, 5.41) is 1.87. The van der Waals surface area contributed by atoms with E-state index in [0.29, 0.717) is 6.61 Å². The van der Waals surface area contributed by atoms with E-state index in [4.69, 9.17) is 4.84 Å². The molecule has 74 valence electrons. The largest absolute Gasteiger partial charge is 0.272 e. The Kier molecular flexibility index (Phi) is 2.79. The maximum absolute atomic E-state index is 5.47. The Bertz CT molecular complexity index is 321. The molecule has 0 amide bonds. The number of benzene rings is 1. The van der Waals surface area contributed by atoms with Crippen LogP contribution in [0, 0.1) is 0 Å². The zero-order chi connectivity index (χ0) is 9.80. The summed E-state index contributed by atoms with van der Waals surface area (Å²) in [7, 11) is 0. The minimum Gasteiger partial charge on any atom is -0.272 e. The van der Waals surface area contributed by atoms with Gasteiger partial charge in [-0.1, -0.05) is 30.3 Å². The van der Waals surface area contributed by atoms with Crippen LogP contribution < -0.4 is 0 Å². The molecule has 1 aliphatic rings. The predicted octanol–water partition coefficient (Wildman–Crippen LogP) is 1.70. The quantitative estimate of drug-likeness (QED) is 0.724. The van der Waals surface area contributed by atoms with E-state index in [1.165, 1.54) is 0 Å². The average molecular weight is 190 g/mol. The summed E-state index contributed by atoms with van der Waals surface area (Å²) < 4.78 is 0. The van der Waals surface area contributed by atoms with Gasteiger partial charge in [-0.2, -0.15) is 0 Å². The van der Waals surface area contributed by atoms with Crippen molar-refractivity contribution in [1.29, 1.82) is 0 Å². The molecule has 0 aromatic heterocycles. The van der Waals surface area contributed by atoms with Gasteiger partial charge in [-0.05, 0) is 6.92 Å². The van der Waals surface area contributed by atoms with Crippen molar-refractivity contribution >= 4 is 5.84 Å². The standard InChI is InChI=1S/C11H14N2O/c1-2-14-13-9-8-12-11(13)10-6-4-3-5-7-10/h3-7H,2,8-9H2,1H3. The summed E-state index contributed by atoms with van der Waals surface area (Å²) in [6, 6.07) is 10.1. The predicted molar refractivity (Wildman–Crippen MR) is 56.2 cm³/mol. The van der Waals surface area contributed by atoms with E-state index in [0.717, 1.165) is 24.5 Å². The van der Waals surface area contributed by atoms with E-state index in [9.17, 15) is 0 Å². The van der Waals surface area contributed by atoms with Crippen LogP contribution in [0.4, 0.5) is 0 Å². The van der Waals surface area contributed by atoms with E-state index < -0.39 is 0 Å². The molecule has 0 radical (unpaired) electrons. The van der Waals surface area contributed by atoms with Gasteiger partial charge in [0, 0.05) is 5.56 Å². The summed E-state index contributed by atoms with van der Waals surface area (Å²) in [5.74, 6) is 0.951. The first-order chi connectivity index (χ1) is 6.92. The highest BCUT2D eigenvalue weighted by Gasteiger charge is 2.18. The molecular formula is C11H14N2O. The van der Waals surface area contributed by atoms with Gasteiger partial charge in [-0.25, -0.2) is 5.06 Å². The normalized spacial score (nSPS) is 15.8. The van der Waals surface area contributed by atoms with Gasteiger partial charge in [0.05, 0.1) is 19.7 Å². The highest BCUT2D eigenvalue weighted by atomic mass is 16.7. The van der Waals surface area contributed by atoms with Crippen molar-refractivity contribution in [2.75, 3.05) is 19.7 Å². The molecule has 0 saturated heterocycles. The number of hydroxylamine groups is 2. The van der Waals surface area contributed by atoms with E-state index >= 15 is 0 Å². The molecule has 0 saturated carbocycles. The van der Waals surface area contributed by atoms with Gasteiger partial charge in [0.2, 0.25) is 0 Å². The maximum Gasteiger partial charge on any atom is 0.155 e. The van der Waals surface area contributed by atoms with Crippen molar-refractivity contribution in [3.8, 4) is 0 Å².